The molecule has 2 unspecified atom stereocenters. The average Bonchev–Trinajstić information content (AvgIpc) is 3.28. The highest BCUT2D eigenvalue weighted by atomic mass is 32.2. The van der Waals surface area contributed by atoms with E-state index in [9.17, 15) is 9.59 Å². The molecule has 0 spiro atoms. The summed E-state index contributed by atoms with van der Waals surface area (Å²) in [5.41, 5.74) is 1.85. The Morgan fingerprint density at radius 2 is 1.90 bits per heavy atom. The highest BCUT2D eigenvalue weighted by Gasteiger charge is 2.32. The van der Waals surface area contributed by atoms with E-state index in [2.05, 4.69) is 21.8 Å². The number of morpholine rings is 1. The molecule has 2 amide bonds. The fourth-order valence-corrected chi connectivity index (χ4v) is 4.24. The van der Waals surface area contributed by atoms with Crippen molar-refractivity contribution in [3.05, 3.63) is 29.8 Å². The molecule has 8 heteroatoms. The van der Waals surface area contributed by atoms with Crippen LogP contribution in [-0.2, 0) is 25.5 Å². The van der Waals surface area contributed by atoms with Gasteiger partial charge in [-0.05, 0) is 42.5 Å². The monoisotopic (exact) mass is 421 g/mol. The van der Waals surface area contributed by atoms with Gasteiger partial charge >= 0.3 is 11.8 Å². The maximum atomic E-state index is 12.4. The van der Waals surface area contributed by atoms with Gasteiger partial charge in [0.1, 0.15) is 0 Å². The van der Waals surface area contributed by atoms with Crippen LogP contribution in [0.2, 0.25) is 0 Å². The van der Waals surface area contributed by atoms with Crippen LogP contribution < -0.4 is 10.6 Å². The third-order valence-electron chi connectivity index (χ3n) is 5.51. The highest BCUT2D eigenvalue weighted by Crippen LogP contribution is 2.22. The van der Waals surface area contributed by atoms with Crippen LogP contribution in [0.1, 0.15) is 12.0 Å². The third-order valence-corrected chi connectivity index (χ3v) is 6.12. The largest absolute Gasteiger partial charge is 0.381 e. The van der Waals surface area contributed by atoms with Gasteiger partial charge < -0.3 is 20.1 Å². The maximum Gasteiger partial charge on any atom is 0.313 e. The number of nitrogens with zero attached hydrogens (tertiary/aromatic N) is 1. The van der Waals surface area contributed by atoms with Gasteiger partial charge in [0.25, 0.3) is 0 Å². The van der Waals surface area contributed by atoms with Gasteiger partial charge in [0.15, 0.2) is 0 Å². The molecular formula is C21H31N3O4S. The first-order valence-corrected chi connectivity index (χ1v) is 11.6. The summed E-state index contributed by atoms with van der Waals surface area (Å²) in [5, 5.41) is 5.51. The van der Waals surface area contributed by atoms with E-state index in [1.165, 1.54) is 5.56 Å². The Bertz CT molecular complexity index is 658. The molecule has 2 saturated heterocycles. The molecule has 3 rings (SSSR count). The van der Waals surface area contributed by atoms with E-state index in [0.29, 0.717) is 38.0 Å². The van der Waals surface area contributed by atoms with E-state index in [1.807, 2.05) is 24.3 Å². The summed E-state index contributed by atoms with van der Waals surface area (Å²) >= 11 is 1.80. The fourth-order valence-electron chi connectivity index (χ4n) is 3.80. The number of ether oxygens (including phenoxy) is 2. The summed E-state index contributed by atoms with van der Waals surface area (Å²) in [6.07, 6.45) is 4.05. The molecule has 2 atom stereocenters. The van der Waals surface area contributed by atoms with Crippen LogP contribution in [0.4, 0.5) is 5.69 Å². The van der Waals surface area contributed by atoms with Gasteiger partial charge in [-0.2, -0.15) is 11.8 Å². The van der Waals surface area contributed by atoms with Gasteiger partial charge in [0, 0.05) is 43.9 Å². The van der Waals surface area contributed by atoms with Crippen LogP contribution in [0.5, 0.6) is 0 Å². The smallest absolute Gasteiger partial charge is 0.313 e. The van der Waals surface area contributed by atoms with Crippen LogP contribution in [0, 0.1) is 5.92 Å². The summed E-state index contributed by atoms with van der Waals surface area (Å²) in [5.74, 6) is 0.189. The number of carbonyl (C=O) groups is 2. The number of carbonyl (C=O) groups excluding carboxylic acids is 2. The van der Waals surface area contributed by atoms with E-state index >= 15 is 0 Å². The second-order valence-electron chi connectivity index (χ2n) is 7.44. The van der Waals surface area contributed by atoms with E-state index in [1.54, 1.807) is 11.8 Å². The van der Waals surface area contributed by atoms with Crippen molar-refractivity contribution in [2.75, 3.05) is 63.4 Å². The maximum absolute atomic E-state index is 12.4. The highest BCUT2D eigenvalue weighted by molar-refractivity contribution is 7.98. The zero-order chi connectivity index (χ0) is 20.5. The Morgan fingerprint density at radius 3 is 2.55 bits per heavy atom. The number of nitrogens with one attached hydrogen (secondary N) is 2. The predicted octanol–water partition coefficient (Wildman–Crippen LogP) is 1.38. The Labute approximate surface area is 176 Å². The summed E-state index contributed by atoms with van der Waals surface area (Å²) in [7, 11) is 0. The number of thioether (sulfide) groups is 1. The third kappa shape index (κ3) is 6.70. The second kappa shape index (κ2) is 11.5. The number of hydrogen-bond donors (Lipinski definition) is 2. The summed E-state index contributed by atoms with van der Waals surface area (Å²) < 4.78 is 11.0. The lowest BCUT2D eigenvalue weighted by Gasteiger charge is -2.37. The first-order chi connectivity index (χ1) is 14.2. The Balaban J connectivity index is 1.50. The Hall–Kier alpha value is -1.61. The van der Waals surface area contributed by atoms with E-state index in [0.717, 1.165) is 38.3 Å². The van der Waals surface area contributed by atoms with Crippen molar-refractivity contribution >= 4 is 29.3 Å². The van der Waals surface area contributed by atoms with Crippen LogP contribution in [0.3, 0.4) is 0 Å². The van der Waals surface area contributed by atoms with Crippen molar-refractivity contribution in [1.82, 2.24) is 10.2 Å². The standard InChI is InChI=1S/C21H31N3O4S/c1-29-13-7-16-2-4-18(5-3-16)23-21(26)20(25)22-14-19(17-6-10-28-15-17)24-8-11-27-12-9-24/h2-5,17,19H,6-15H2,1H3,(H,22,25)(H,23,26). The number of anilines is 1. The van der Waals surface area contributed by atoms with Crippen molar-refractivity contribution in [1.29, 1.82) is 0 Å². The summed E-state index contributed by atoms with van der Waals surface area (Å²) in [4.78, 5) is 27.0. The Morgan fingerprint density at radius 1 is 1.14 bits per heavy atom. The minimum atomic E-state index is -0.634. The zero-order valence-corrected chi connectivity index (χ0v) is 17.8. The van der Waals surface area contributed by atoms with Crippen LogP contribution in [0.25, 0.3) is 0 Å². The molecular weight excluding hydrogens is 390 g/mol. The molecule has 0 bridgehead atoms. The number of benzene rings is 1. The molecule has 0 saturated carbocycles. The fraction of sp³-hybridized carbons (Fsp3) is 0.619. The minimum Gasteiger partial charge on any atom is -0.381 e. The van der Waals surface area contributed by atoms with Gasteiger partial charge in [-0.3, -0.25) is 14.5 Å². The quantitative estimate of drug-likeness (QED) is 0.618. The second-order valence-corrected chi connectivity index (χ2v) is 8.43. The van der Waals surface area contributed by atoms with Crippen molar-refractivity contribution in [2.45, 2.75) is 18.9 Å². The SMILES string of the molecule is CSCCc1ccc(NC(=O)C(=O)NCC(C2CCOC2)N2CCOCC2)cc1. The Kier molecular flexibility index (Phi) is 8.79. The molecule has 2 heterocycles. The number of amides is 2. The van der Waals surface area contributed by atoms with Crippen LogP contribution in [-0.4, -0.2) is 80.8 Å². The lowest BCUT2D eigenvalue weighted by atomic mass is 9.97. The van der Waals surface area contributed by atoms with Crippen molar-refractivity contribution in [2.24, 2.45) is 5.92 Å². The van der Waals surface area contributed by atoms with E-state index in [-0.39, 0.29) is 6.04 Å². The van der Waals surface area contributed by atoms with Gasteiger partial charge in [-0.15, -0.1) is 0 Å². The van der Waals surface area contributed by atoms with Gasteiger partial charge in [-0.25, -0.2) is 0 Å². The lowest BCUT2D eigenvalue weighted by molar-refractivity contribution is -0.136. The molecule has 2 N–H and O–H groups in total. The van der Waals surface area contributed by atoms with E-state index in [4.69, 9.17) is 9.47 Å². The number of aryl methyl sites for hydroxylation is 1. The van der Waals surface area contributed by atoms with Crippen LogP contribution in [0.15, 0.2) is 24.3 Å². The molecule has 0 aromatic heterocycles. The van der Waals surface area contributed by atoms with Gasteiger partial charge in [0.05, 0.1) is 19.8 Å². The van der Waals surface area contributed by atoms with Gasteiger partial charge in [0.2, 0.25) is 0 Å². The molecule has 1 aromatic carbocycles. The molecule has 7 nitrogen and oxygen atoms in total. The lowest BCUT2D eigenvalue weighted by Crippen LogP contribution is -2.53. The molecule has 2 aliphatic heterocycles. The minimum absolute atomic E-state index is 0.161. The summed E-state index contributed by atoms with van der Waals surface area (Å²) in [6, 6.07) is 7.81. The first-order valence-electron chi connectivity index (χ1n) is 10.2. The molecule has 2 aliphatic rings. The molecule has 0 radical (unpaired) electrons. The number of hydrogen-bond acceptors (Lipinski definition) is 6. The molecule has 2 fully saturated rings. The average molecular weight is 422 g/mol. The first kappa shape index (κ1) is 22.1. The van der Waals surface area contributed by atoms with Crippen LogP contribution >= 0.6 is 11.8 Å². The summed E-state index contributed by atoms with van der Waals surface area (Å²) in [6.45, 7) is 4.98. The van der Waals surface area contributed by atoms with Crippen molar-refractivity contribution in [3.63, 3.8) is 0 Å². The number of rotatable bonds is 8. The zero-order valence-electron chi connectivity index (χ0n) is 17.0. The molecule has 29 heavy (non-hydrogen) atoms. The van der Waals surface area contributed by atoms with Crippen molar-refractivity contribution < 1.29 is 19.1 Å². The predicted molar refractivity (Wildman–Crippen MR) is 115 cm³/mol. The van der Waals surface area contributed by atoms with E-state index < -0.39 is 11.8 Å². The molecule has 0 aliphatic carbocycles. The molecule has 160 valence electrons. The molecule has 1 aromatic rings. The normalized spacial score (nSPS) is 20.9. The van der Waals surface area contributed by atoms with Gasteiger partial charge in [-0.1, -0.05) is 12.1 Å². The topological polar surface area (TPSA) is 79.9 Å². The van der Waals surface area contributed by atoms with Crippen molar-refractivity contribution in [3.8, 4) is 0 Å².